The van der Waals surface area contributed by atoms with Crippen LogP contribution >= 0.6 is 0 Å². The highest BCUT2D eigenvalue weighted by Crippen LogP contribution is 2.31. The molecule has 3 heterocycles. The van der Waals surface area contributed by atoms with Gasteiger partial charge in [0.05, 0.1) is 30.1 Å². The lowest BCUT2D eigenvalue weighted by Gasteiger charge is -2.32. The van der Waals surface area contributed by atoms with Crippen molar-refractivity contribution in [3.05, 3.63) is 66.6 Å². The predicted octanol–water partition coefficient (Wildman–Crippen LogP) is 3.79. The minimum atomic E-state index is -0.206. The van der Waals surface area contributed by atoms with Crippen molar-refractivity contribution in [2.45, 2.75) is 44.2 Å². The van der Waals surface area contributed by atoms with Gasteiger partial charge in [0.2, 0.25) is 5.95 Å². The van der Waals surface area contributed by atoms with Crippen LogP contribution < -0.4 is 5.32 Å². The first-order chi connectivity index (χ1) is 14.6. The third kappa shape index (κ3) is 3.49. The Morgan fingerprint density at radius 2 is 2.17 bits per heavy atom. The fourth-order valence-corrected chi connectivity index (χ4v) is 4.12. The third-order valence-corrected chi connectivity index (χ3v) is 5.88. The molecular formula is C22H25N7O. The minimum absolute atomic E-state index is 0.206. The number of fused-ring (bicyclic) bond motifs is 1. The van der Waals surface area contributed by atoms with Crippen LogP contribution in [0.25, 0.3) is 11.2 Å². The summed E-state index contributed by atoms with van der Waals surface area (Å²) < 4.78 is 9.17. The zero-order valence-electron chi connectivity index (χ0n) is 17.2. The average molecular weight is 403 g/mol. The number of pyridine rings is 1. The lowest BCUT2D eigenvalue weighted by atomic mass is 9.87. The molecule has 0 aromatic carbocycles. The summed E-state index contributed by atoms with van der Waals surface area (Å²) in [5.74, 6) is 1.64. The molecule has 154 valence electrons. The minimum Gasteiger partial charge on any atom is -0.501 e. The summed E-state index contributed by atoms with van der Waals surface area (Å²) in [5, 5.41) is 12.6. The van der Waals surface area contributed by atoms with E-state index in [1.54, 1.807) is 19.8 Å². The molecule has 8 nitrogen and oxygen atoms in total. The van der Waals surface area contributed by atoms with E-state index in [1.165, 1.54) is 5.57 Å². The second kappa shape index (κ2) is 7.44. The van der Waals surface area contributed by atoms with E-state index in [-0.39, 0.29) is 11.6 Å². The molecule has 0 saturated heterocycles. The van der Waals surface area contributed by atoms with Gasteiger partial charge in [0.25, 0.3) is 0 Å². The van der Waals surface area contributed by atoms with Gasteiger partial charge in [0.15, 0.2) is 5.65 Å². The molecule has 0 saturated carbocycles. The highest BCUT2D eigenvalue weighted by molar-refractivity contribution is 5.68. The lowest BCUT2D eigenvalue weighted by Crippen LogP contribution is -2.36. The summed E-state index contributed by atoms with van der Waals surface area (Å²) in [6.45, 7) is 2.17. The molecule has 30 heavy (non-hydrogen) atoms. The van der Waals surface area contributed by atoms with Gasteiger partial charge >= 0.3 is 0 Å². The van der Waals surface area contributed by atoms with E-state index < -0.39 is 0 Å². The summed E-state index contributed by atoms with van der Waals surface area (Å²) >= 11 is 0. The van der Waals surface area contributed by atoms with Crippen LogP contribution in [0.15, 0.2) is 60.9 Å². The van der Waals surface area contributed by atoms with E-state index in [1.807, 2.05) is 27.4 Å². The van der Waals surface area contributed by atoms with Gasteiger partial charge in [-0.05, 0) is 50.0 Å². The van der Waals surface area contributed by atoms with Gasteiger partial charge in [-0.1, -0.05) is 24.3 Å². The Hall–Kier alpha value is -3.42. The predicted molar refractivity (Wildman–Crippen MR) is 115 cm³/mol. The summed E-state index contributed by atoms with van der Waals surface area (Å²) in [6, 6.07) is 6.35. The van der Waals surface area contributed by atoms with E-state index in [4.69, 9.17) is 14.8 Å². The van der Waals surface area contributed by atoms with Crippen molar-refractivity contribution in [2.24, 2.45) is 0 Å². The molecule has 2 unspecified atom stereocenters. The standard InChI is InChI=1S/C22H25N7O/c1-22(12-10-17(11-13-22)28-15-23-14-24-28)26-21-25-20-5-3-4-19(29(20)27-21)16-6-8-18(30-2)9-7-16/h3-6,8,10,12,14-15,17H,7,9,11,13H2,1-2H3,(H,26,27). The van der Waals surface area contributed by atoms with E-state index in [2.05, 4.69) is 46.6 Å². The molecule has 8 heteroatoms. The Balaban J connectivity index is 1.39. The van der Waals surface area contributed by atoms with Crippen LogP contribution in [0.1, 0.15) is 44.3 Å². The normalized spacial score (nSPS) is 23.9. The molecule has 2 aliphatic rings. The topological polar surface area (TPSA) is 82.2 Å². The van der Waals surface area contributed by atoms with Crippen molar-refractivity contribution < 1.29 is 4.74 Å². The largest absolute Gasteiger partial charge is 0.501 e. The molecule has 3 aromatic heterocycles. The molecule has 0 amide bonds. The SMILES string of the molecule is COC1=CC=C(c2cccc3nc(NC4(C)C=CC(n5cncn5)CC4)nn23)CC1. The van der Waals surface area contributed by atoms with E-state index in [0.29, 0.717) is 5.95 Å². The van der Waals surface area contributed by atoms with E-state index >= 15 is 0 Å². The molecule has 5 rings (SSSR count). The van der Waals surface area contributed by atoms with Crippen LogP contribution in [0.2, 0.25) is 0 Å². The highest BCUT2D eigenvalue weighted by Gasteiger charge is 2.28. The van der Waals surface area contributed by atoms with Gasteiger partial charge in [0.1, 0.15) is 12.7 Å². The quantitative estimate of drug-likeness (QED) is 0.653. The molecule has 1 N–H and O–H groups in total. The Morgan fingerprint density at radius 3 is 2.87 bits per heavy atom. The van der Waals surface area contributed by atoms with Gasteiger partial charge in [-0.25, -0.2) is 14.2 Å². The molecule has 0 fully saturated rings. The third-order valence-electron chi connectivity index (χ3n) is 5.88. The molecule has 2 aliphatic carbocycles. The van der Waals surface area contributed by atoms with Gasteiger partial charge < -0.3 is 10.1 Å². The number of methoxy groups -OCH3 is 1. The number of nitrogens with zero attached hydrogens (tertiary/aromatic N) is 6. The molecule has 3 aromatic rings. The average Bonchev–Trinajstić information content (AvgIpc) is 3.43. The van der Waals surface area contributed by atoms with Crippen molar-refractivity contribution in [1.82, 2.24) is 29.4 Å². The monoisotopic (exact) mass is 403 g/mol. The number of aromatic nitrogens is 6. The van der Waals surface area contributed by atoms with Gasteiger partial charge in [-0.2, -0.15) is 10.1 Å². The molecule has 0 spiro atoms. The Labute approximate surface area is 175 Å². The highest BCUT2D eigenvalue weighted by atomic mass is 16.5. The lowest BCUT2D eigenvalue weighted by molar-refractivity contribution is 0.277. The van der Waals surface area contributed by atoms with Crippen LogP contribution in [0, 0.1) is 0 Å². The van der Waals surface area contributed by atoms with Crippen molar-refractivity contribution >= 4 is 17.2 Å². The van der Waals surface area contributed by atoms with Crippen LogP contribution in [0.4, 0.5) is 5.95 Å². The molecule has 0 bridgehead atoms. The molecule has 0 radical (unpaired) electrons. The number of anilines is 1. The summed E-state index contributed by atoms with van der Waals surface area (Å²) in [6.07, 6.45) is 15.6. The molecule has 0 aliphatic heterocycles. The fraction of sp³-hybridized carbons (Fsp3) is 0.364. The Bertz CT molecular complexity index is 1140. The van der Waals surface area contributed by atoms with Crippen LogP contribution in [-0.2, 0) is 4.74 Å². The summed E-state index contributed by atoms with van der Waals surface area (Å²) in [7, 11) is 1.72. The maximum atomic E-state index is 5.35. The van der Waals surface area contributed by atoms with Crippen molar-refractivity contribution in [3.8, 4) is 0 Å². The van der Waals surface area contributed by atoms with Gasteiger partial charge in [-0.15, -0.1) is 5.10 Å². The number of allylic oxidation sites excluding steroid dienone is 5. The van der Waals surface area contributed by atoms with Gasteiger partial charge in [0, 0.05) is 6.42 Å². The van der Waals surface area contributed by atoms with E-state index in [0.717, 1.165) is 42.8 Å². The van der Waals surface area contributed by atoms with Crippen LogP contribution in [-0.4, -0.2) is 42.0 Å². The number of ether oxygens (including phenoxy) is 1. The van der Waals surface area contributed by atoms with Crippen molar-refractivity contribution in [1.29, 1.82) is 0 Å². The smallest absolute Gasteiger partial charge is 0.243 e. The van der Waals surface area contributed by atoms with Gasteiger partial charge in [-0.3, -0.25) is 0 Å². The Kier molecular flexibility index (Phi) is 4.61. The Morgan fingerprint density at radius 1 is 1.23 bits per heavy atom. The van der Waals surface area contributed by atoms with Crippen LogP contribution in [0.5, 0.6) is 0 Å². The number of hydrogen-bond donors (Lipinski definition) is 1. The zero-order valence-corrected chi connectivity index (χ0v) is 17.2. The fourth-order valence-electron chi connectivity index (χ4n) is 4.12. The van der Waals surface area contributed by atoms with Crippen LogP contribution in [0.3, 0.4) is 0 Å². The first kappa shape index (κ1) is 18.6. The molecular weight excluding hydrogens is 378 g/mol. The maximum absolute atomic E-state index is 5.35. The summed E-state index contributed by atoms with van der Waals surface area (Å²) in [5.41, 5.74) is 2.93. The maximum Gasteiger partial charge on any atom is 0.243 e. The first-order valence-corrected chi connectivity index (χ1v) is 10.3. The summed E-state index contributed by atoms with van der Waals surface area (Å²) in [4.78, 5) is 8.77. The van der Waals surface area contributed by atoms with Crippen molar-refractivity contribution in [3.63, 3.8) is 0 Å². The number of rotatable bonds is 5. The second-order valence-corrected chi connectivity index (χ2v) is 8.03. The number of hydrogen-bond acceptors (Lipinski definition) is 6. The van der Waals surface area contributed by atoms with Crippen molar-refractivity contribution in [2.75, 3.05) is 12.4 Å². The second-order valence-electron chi connectivity index (χ2n) is 8.03. The first-order valence-electron chi connectivity index (χ1n) is 10.3. The van der Waals surface area contributed by atoms with E-state index in [9.17, 15) is 0 Å². The zero-order chi connectivity index (χ0) is 20.6. The number of nitrogens with one attached hydrogen (secondary N) is 1. The molecule has 2 atom stereocenters.